The van der Waals surface area contributed by atoms with Gasteiger partial charge in [-0.25, -0.2) is 0 Å². The largest absolute Gasteiger partial charge is 0.480 e. The average Bonchev–Trinajstić information content (AvgIpc) is 2.26. The molecule has 0 amide bonds. The lowest BCUT2D eigenvalue weighted by Crippen LogP contribution is -2.35. The number of hydrogen-bond acceptors (Lipinski definition) is 3. The summed E-state index contributed by atoms with van der Waals surface area (Å²) < 4.78 is 0. The van der Waals surface area contributed by atoms with Gasteiger partial charge in [-0.15, -0.1) is 0 Å². The number of nitrogens with two attached hydrogens (primary N) is 1. The minimum absolute atomic E-state index is 0.483. The first kappa shape index (κ1) is 11.7. The number of carboxylic acids is 1. The van der Waals surface area contributed by atoms with Gasteiger partial charge >= 0.3 is 5.97 Å². The monoisotopic (exact) mass is 208 g/mol. The highest BCUT2D eigenvalue weighted by molar-refractivity contribution is 5.73. The van der Waals surface area contributed by atoms with E-state index in [0.29, 0.717) is 13.0 Å². The second kappa shape index (κ2) is 5.48. The Morgan fingerprint density at radius 3 is 2.33 bits per heavy atom. The van der Waals surface area contributed by atoms with Gasteiger partial charge in [0.05, 0.1) is 0 Å². The number of benzene rings is 1. The molecule has 15 heavy (non-hydrogen) atoms. The highest BCUT2D eigenvalue weighted by Crippen LogP contribution is 2.06. The van der Waals surface area contributed by atoms with Crippen molar-refractivity contribution in [3.05, 3.63) is 35.4 Å². The highest BCUT2D eigenvalue weighted by Gasteiger charge is 2.14. The zero-order valence-electron chi connectivity index (χ0n) is 8.73. The Labute approximate surface area is 89.1 Å². The summed E-state index contributed by atoms with van der Waals surface area (Å²) in [5.74, 6) is -0.833. The zero-order valence-corrected chi connectivity index (χ0v) is 8.73. The molecule has 1 aromatic rings. The van der Waals surface area contributed by atoms with Gasteiger partial charge in [0.25, 0.3) is 0 Å². The molecule has 0 aliphatic rings. The van der Waals surface area contributed by atoms with Crippen LogP contribution in [0.4, 0.5) is 0 Å². The van der Waals surface area contributed by atoms with E-state index >= 15 is 0 Å². The van der Waals surface area contributed by atoms with Gasteiger partial charge in [0, 0.05) is 6.54 Å². The highest BCUT2D eigenvalue weighted by atomic mass is 16.4. The van der Waals surface area contributed by atoms with E-state index in [0.717, 1.165) is 11.1 Å². The topological polar surface area (TPSA) is 75.3 Å². The van der Waals surface area contributed by atoms with Crippen LogP contribution in [0.25, 0.3) is 0 Å². The fourth-order valence-electron chi connectivity index (χ4n) is 1.36. The molecule has 1 unspecified atom stereocenters. The van der Waals surface area contributed by atoms with Crippen LogP contribution in [-0.4, -0.2) is 24.2 Å². The van der Waals surface area contributed by atoms with Gasteiger partial charge in [-0.2, -0.15) is 0 Å². The molecule has 4 N–H and O–H groups in total. The van der Waals surface area contributed by atoms with E-state index < -0.39 is 12.0 Å². The summed E-state index contributed by atoms with van der Waals surface area (Å²) in [4.78, 5) is 10.8. The molecule has 0 aromatic heterocycles. The first-order valence-corrected chi connectivity index (χ1v) is 4.85. The van der Waals surface area contributed by atoms with Crippen LogP contribution in [0, 0.1) is 0 Å². The molecule has 0 aliphatic carbocycles. The Morgan fingerprint density at radius 2 is 1.93 bits per heavy atom. The Hall–Kier alpha value is -1.39. The Bertz CT molecular complexity index is 322. The van der Waals surface area contributed by atoms with Crippen LogP contribution in [-0.2, 0) is 17.8 Å². The van der Waals surface area contributed by atoms with Crippen LogP contribution in [0.1, 0.15) is 11.1 Å². The van der Waals surface area contributed by atoms with Crippen LogP contribution in [0.5, 0.6) is 0 Å². The fraction of sp³-hybridized carbons (Fsp3) is 0.364. The van der Waals surface area contributed by atoms with Crippen molar-refractivity contribution in [2.75, 3.05) is 7.05 Å². The van der Waals surface area contributed by atoms with Crippen LogP contribution < -0.4 is 11.1 Å². The number of carboxylic acid groups (broad SMARTS) is 1. The molecule has 4 heteroatoms. The van der Waals surface area contributed by atoms with Gasteiger partial charge in [-0.3, -0.25) is 4.79 Å². The van der Waals surface area contributed by atoms with Crippen molar-refractivity contribution < 1.29 is 9.90 Å². The number of aliphatic carboxylic acids is 1. The molecule has 1 atom stereocenters. The van der Waals surface area contributed by atoms with Gasteiger partial charge in [-0.1, -0.05) is 24.3 Å². The van der Waals surface area contributed by atoms with Gasteiger partial charge in [-0.05, 0) is 24.6 Å². The predicted molar refractivity (Wildman–Crippen MR) is 58.5 cm³/mol. The van der Waals surface area contributed by atoms with E-state index in [9.17, 15) is 4.79 Å². The third-order valence-corrected chi connectivity index (χ3v) is 2.35. The van der Waals surface area contributed by atoms with Crippen molar-refractivity contribution in [3.8, 4) is 0 Å². The van der Waals surface area contributed by atoms with Crippen LogP contribution >= 0.6 is 0 Å². The van der Waals surface area contributed by atoms with Crippen molar-refractivity contribution in [2.45, 2.75) is 19.0 Å². The number of carbonyl (C=O) groups is 1. The molecular weight excluding hydrogens is 192 g/mol. The lowest BCUT2D eigenvalue weighted by Gasteiger charge is -2.11. The van der Waals surface area contributed by atoms with E-state index in [2.05, 4.69) is 5.32 Å². The summed E-state index contributed by atoms with van der Waals surface area (Å²) in [5.41, 5.74) is 7.51. The third-order valence-electron chi connectivity index (χ3n) is 2.35. The maximum absolute atomic E-state index is 10.8. The summed E-state index contributed by atoms with van der Waals surface area (Å²) in [6.45, 7) is 0.509. The maximum atomic E-state index is 10.8. The van der Waals surface area contributed by atoms with E-state index in [4.69, 9.17) is 10.8 Å². The molecule has 0 aliphatic heterocycles. The maximum Gasteiger partial charge on any atom is 0.321 e. The molecule has 1 aromatic carbocycles. The number of likely N-dealkylation sites (N-methyl/N-ethyl adjacent to an activating group) is 1. The van der Waals surface area contributed by atoms with E-state index in [1.165, 1.54) is 0 Å². The fourth-order valence-corrected chi connectivity index (χ4v) is 1.36. The SMILES string of the molecule is CNC(Cc1ccc(CN)cc1)C(=O)O. The smallest absolute Gasteiger partial charge is 0.321 e. The average molecular weight is 208 g/mol. The van der Waals surface area contributed by atoms with Gasteiger partial charge in [0.2, 0.25) is 0 Å². The number of rotatable bonds is 5. The predicted octanol–water partition coefficient (Wildman–Crippen LogP) is 0.360. The van der Waals surface area contributed by atoms with Crippen molar-refractivity contribution in [1.82, 2.24) is 5.32 Å². The first-order chi connectivity index (χ1) is 7.17. The second-order valence-electron chi connectivity index (χ2n) is 3.40. The Morgan fingerprint density at radius 1 is 1.40 bits per heavy atom. The molecule has 0 saturated heterocycles. The number of hydrogen-bond donors (Lipinski definition) is 3. The van der Waals surface area contributed by atoms with Crippen molar-refractivity contribution in [1.29, 1.82) is 0 Å². The molecule has 0 spiro atoms. The Kier molecular flexibility index (Phi) is 4.27. The lowest BCUT2D eigenvalue weighted by atomic mass is 10.0. The first-order valence-electron chi connectivity index (χ1n) is 4.85. The molecule has 82 valence electrons. The van der Waals surface area contributed by atoms with Crippen LogP contribution in [0.2, 0.25) is 0 Å². The van der Waals surface area contributed by atoms with Gasteiger partial charge in [0.1, 0.15) is 6.04 Å². The standard InChI is InChI=1S/C11H16N2O2/c1-13-10(11(14)15)6-8-2-4-9(7-12)5-3-8/h2-5,10,13H,6-7,12H2,1H3,(H,14,15). The second-order valence-corrected chi connectivity index (χ2v) is 3.40. The summed E-state index contributed by atoms with van der Waals surface area (Å²) in [5, 5.41) is 11.6. The van der Waals surface area contributed by atoms with E-state index in [-0.39, 0.29) is 0 Å². The summed E-state index contributed by atoms with van der Waals surface area (Å²) in [7, 11) is 1.65. The summed E-state index contributed by atoms with van der Waals surface area (Å²) >= 11 is 0. The Balaban J connectivity index is 2.67. The van der Waals surface area contributed by atoms with Crippen molar-refractivity contribution >= 4 is 5.97 Å². The third kappa shape index (κ3) is 3.34. The molecular formula is C11H16N2O2. The zero-order chi connectivity index (χ0) is 11.3. The quantitative estimate of drug-likeness (QED) is 0.653. The van der Waals surface area contributed by atoms with Crippen molar-refractivity contribution in [2.24, 2.45) is 5.73 Å². The van der Waals surface area contributed by atoms with E-state index in [1.54, 1.807) is 7.05 Å². The summed E-state index contributed by atoms with van der Waals surface area (Å²) in [6.07, 6.45) is 0.483. The molecule has 0 bridgehead atoms. The van der Waals surface area contributed by atoms with Crippen molar-refractivity contribution in [3.63, 3.8) is 0 Å². The molecule has 0 heterocycles. The molecule has 0 saturated carbocycles. The van der Waals surface area contributed by atoms with E-state index in [1.807, 2.05) is 24.3 Å². The molecule has 1 rings (SSSR count). The van der Waals surface area contributed by atoms with Crippen LogP contribution in [0.15, 0.2) is 24.3 Å². The molecule has 4 nitrogen and oxygen atoms in total. The summed E-state index contributed by atoms with van der Waals surface area (Å²) in [6, 6.07) is 7.13. The van der Waals surface area contributed by atoms with Gasteiger partial charge in [0.15, 0.2) is 0 Å². The minimum Gasteiger partial charge on any atom is -0.480 e. The van der Waals surface area contributed by atoms with Gasteiger partial charge < -0.3 is 16.2 Å². The molecule has 0 radical (unpaired) electrons. The minimum atomic E-state index is -0.833. The normalized spacial score (nSPS) is 12.4. The molecule has 0 fully saturated rings. The number of nitrogens with one attached hydrogen (secondary N) is 1. The van der Waals surface area contributed by atoms with Crippen LogP contribution in [0.3, 0.4) is 0 Å². The lowest BCUT2D eigenvalue weighted by molar-refractivity contribution is -0.139.